The quantitative estimate of drug-likeness (QED) is 0.242. The van der Waals surface area contributed by atoms with Crippen molar-refractivity contribution in [3.05, 3.63) is 125 Å². The summed E-state index contributed by atoms with van der Waals surface area (Å²) in [6.45, 7) is 0.271. The monoisotopic (exact) mass is 586 g/mol. The fourth-order valence-corrected chi connectivity index (χ4v) is 6.34. The van der Waals surface area contributed by atoms with Crippen molar-refractivity contribution >= 4 is 34.4 Å². The molecule has 0 aliphatic carbocycles. The highest BCUT2D eigenvalue weighted by atomic mass is 16.5. The van der Waals surface area contributed by atoms with Crippen LogP contribution in [0.4, 0.5) is 10.5 Å². The van der Waals surface area contributed by atoms with Crippen LogP contribution in [0.5, 0.6) is 11.5 Å². The number of carbonyl (C=O) groups is 3. The predicted octanol–water partition coefficient (Wildman–Crippen LogP) is 5.60. The van der Waals surface area contributed by atoms with E-state index in [1.165, 1.54) is 0 Å². The molecule has 0 radical (unpaired) electrons. The topological polar surface area (TPSA) is 104 Å². The van der Waals surface area contributed by atoms with Crippen molar-refractivity contribution < 1.29 is 23.9 Å². The summed E-state index contributed by atoms with van der Waals surface area (Å²) in [5.74, 6) is 0.618. The molecular formula is C35H30N4O5. The number of aromatic amines is 1. The number of carbonyl (C=O) groups excluding carboxylic acids is 3. The van der Waals surface area contributed by atoms with Crippen LogP contribution in [0, 0.1) is 0 Å². The van der Waals surface area contributed by atoms with Gasteiger partial charge in [-0.2, -0.15) is 0 Å². The Hall–Kier alpha value is -5.57. The van der Waals surface area contributed by atoms with Gasteiger partial charge >= 0.3 is 6.03 Å². The van der Waals surface area contributed by atoms with Gasteiger partial charge in [0.2, 0.25) is 0 Å². The van der Waals surface area contributed by atoms with E-state index >= 15 is 0 Å². The molecular weight excluding hydrogens is 556 g/mol. The zero-order valence-electron chi connectivity index (χ0n) is 24.2. The second kappa shape index (κ2) is 10.9. The molecule has 9 heteroatoms. The van der Waals surface area contributed by atoms with Gasteiger partial charge < -0.3 is 19.8 Å². The number of urea groups is 1. The number of aromatic nitrogens is 1. The van der Waals surface area contributed by atoms with Gasteiger partial charge in [-0.3, -0.25) is 14.5 Å². The van der Waals surface area contributed by atoms with Crippen molar-refractivity contribution in [2.75, 3.05) is 19.1 Å². The molecule has 2 N–H and O–H groups in total. The first-order valence-electron chi connectivity index (χ1n) is 14.4. The summed E-state index contributed by atoms with van der Waals surface area (Å²) in [7, 11) is 3.19. The van der Waals surface area contributed by atoms with E-state index in [2.05, 4.69) is 10.3 Å². The molecule has 1 fully saturated rings. The molecule has 3 heterocycles. The summed E-state index contributed by atoms with van der Waals surface area (Å²) in [4.78, 5) is 48.4. The molecule has 4 amide bonds. The third-order valence-corrected chi connectivity index (χ3v) is 8.46. The van der Waals surface area contributed by atoms with Crippen LogP contribution in [0.15, 0.2) is 97.1 Å². The van der Waals surface area contributed by atoms with Gasteiger partial charge in [0.1, 0.15) is 23.6 Å². The zero-order chi connectivity index (χ0) is 30.4. The summed E-state index contributed by atoms with van der Waals surface area (Å²) in [5, 5.41) is 3.95. The molecule has 2 unspecified atom stereocenters. The van der Waals surface area contributed by atoms with E-state index in [4.69, 9.17) is 9.47 Å². The molecule has 220 valence electrons. The van der Waals surface area contributed by atoms with Gasteiger partial charge in [0, 0.05) is 29.6 Å². The summed E-state index contributed by atoms with van der Waals surface area (Å²) >= 11 is 0. The highest BCUT2D eigenvalue weighted by Crippen LogP contribution is 2.45. The third kappa shape index (κ3) is 4.44. The van der Waals surface area contributed by atoms with Crippen molar-refractivity contribution in [3.8, 4) is 11.5 Å². The lowest BCUT2D eigenvalue weighted by atomic mass is 9.89. The van der Waals surface area contributed by atoms with Gasteiger partial charge in [0.25, 0.3) is 11.8 Å². The average Bonchev–Trinajstić information content (AvgIpc) is 3.56. The number of para-hydroxylation sites is 2. The van der Waals surface area contributed by atoms with E-state index in [0.29, 0.717) is 12.2 Å². The van der Waals surface area contributed by atoms with Crippen LogP contribution in [-0.2, 0) is 17.8 Å². The lowest BCUT2D eigenvalue weighted by Gasteiger charge is -2.36. The highest BCUT2D eigenvalue weighted by Gasteiger charge is 2.53. The van der Waals surface area contributed by atoms with Crippen molar-refractivity contribution in [2.45, 2.75) is 25.0 Å². The number of ether oxygens (including phenoxy) is 2. The van der Waals surface area contributed by atoms with E-state index in [1.807, 2.05) is 72.8 Å². The minimum atomic E-state index is -0.749. The second-order valence-electron chi connectivity index (χ2n) is 10.9. The van der Waals surface area contributed by atoms with Gasteiger partial charge in [-0.15, -0.1) is 0 Å². The van der Waals surface area contributed by atoms with Crippen molar-refractivity contribution in [1.29, 1.82) is 0 Å². The Morgan fingerprint density at radius 1 is 0.886 bits per heavy atom. The van der Waals surface area contributed by atoms with E-state index in [1.54, 1.807) is 43.4 Å². The third-order valence-electron chi connectivity index (χ3n) is 8.46. The lowest BCUT2D eigenvalue weighted by Crippen LogP contribution is -2.44. The number of anilines is 1. The van der Waals surface area contributed by atoms with E-state index in [0.717, 1.165) is 43.9 Å². The molecule has 2 aliphatic rings. The van der Waals surface area contributed by atoms with Crippen LogP contribution in [0.1, 0.15) is 38.8 Å². The Balaban J connectivity index is 1.26. The fourth-order valence-electron chi connectivity index (χ4n) is 6.34. The average molecular weight is 587 g/mol. The van der Waals surface area contributed by atoms with Crippen molar-refractivity contribution in [1.82, 2.24) is 15.2 Å². The molecule has 0 spiro atoms. The molecule has 2 atom stereocenters. The number of amides is 4. The Kier molecular flexibility index (Phi) is 6.77. The first-order valence-corrected chi connectivity index (χ1v) is 14.4. The molecule has 1 saturated heterocycles. The number of hydrogen-bond donors (Lipinski definition) is 2. The molecule has 0 bridgehead atoms. The van der Waals surface area contributed by atoms with Crippen LogP contribution in [0.2, 0.25) is 0 Å². The molecule has 44 heavy (non-hydrogen) atoms. The number of methoxy groups -OCH3 is 2. The maximum absolute atomic E-state index is 14.4. The van der Waals surface area contributed by atoms with Crippen LogP contribution < -0.4 is 19.7 Å². The van der Waals surface area contributed by atoms with Crippen molar-refractivity contribution in [3.63, 3.8) is 0 Å². The number of benzene rings is 4. The minimum Gasteiger partial charge on any atom is -0.497 e. The summed E-state index contributed by atoms with van der Waals surface area (Å²) in [6.07, 6.45) is 0.354. The van der Waals surface area contributed by atoms with Gasteiger partial charge in [-0.05, 0) is 59.2 Å². The largest absolute Gasteiger partial charge is 0.497 e. The summed E-state index contributed by atoms with van der Waals surface area (Å²) in [6, 6.07) is 27.8. The Bertz CT molecular complexity index is 1910. The van der Waals surface area contributed by atoms with E-state index in [9.17, 15) is 14.4 Å². The number of nitrogens with zero attached hydrogens (tertiary/aromatic N) is 2. The molecule has 4 aromatic carbocycles. The van der Waals surface area contributed by atoms with Gasteiger partial charge in [0.05, 0.1) is 25.5 Å². The SMILES string of the molecule is COc1ccc(CNC(=O)c2ccccc2N2C(=O)C3Cc4c([nH]c5ccccc45)C(c4cccc(OC)c4)N3C2=O)cc1. The van der Waals surface area contributed by atoms with Gasteiger partial charge in [-0.1, -0.05) is 54.6 Å². The van der Waals surface area contributed by atoms with Crippen molar-refractivity contribution in [2.24, 2.45) is 0 Å². The molecule has 7 rings (SSSR count). The van der Waals surface area contributed by atoms with E-state index < -0.39 is 18.1 Å². The number of fused-ring (bicyclic) bond motifs is 4. The second-order valence-corrected chi connectivity index (χ2v) is 10.9. The standard InChI is InChI=1S/C35H30N4O5/c1-43-23-16-14-21(15-17-23)20-36-33(40)26-11-4-6-13-29(26)39-34(41)30-19-27-25-10-3-5-12-28(25)37-31(27)32(38(30)35(39)42)22-8-7-9-24(18-22)44-2/h3-18,30,32,37H,19-20H2,1-2H3,(H,36,40). The van der Waals surface area contributed by atoms with Crippen LogP contribution in [0.25, 0.3) is 10.9 Å². The maximum Gasteiger partial charge on any atom is 0.332 e. The molecule has 5 aromatic rings. The predicted molar refractivity (Wildman–Crippen MR) is 166 cm³/mol. The highest BCUT2D eigenvalue weighted by molar-refractivity contribution is 6.24. The number of rotatable bonds is 7. The van der Waals surface area contributed by atoms with Crippen LogP contribution >= 0.6 is 0 Å². The molecule has 9 nitrogen and oxygen atoms in total. The first-order chi connectivity index (χ1) is 21.5. The Morgan fingerprint density at radius 2 is 1.64 bits per heavy atom. The van der Waals surface area contributed by atoms with Gasteiger partial charge in [0.15, 0.2) is 0 Å². The van der Waals surface area contributed by atoms with Crippen LogP contribution in [0.3, 0.4) is 0 Å². The lowest BCUT2D eigenvalue weighted by molar-refractivity contribution is -0.120. The molecule has 1 aromatic heterocycles. The number of H-pyrrole nitrogens is 1. The minimum absolute atomic E-state index is 0.240. The number of nitrogens with one attached hydrogen (secondary N) is 2. The normalized spacial score (nSPS) is 17.4. The number of imide groups is 1. The summed E-state index contributed by atoms with van der Waals surface area (Å²) in [5.41, 5.74) is 5.01. The Morgan fingerprint density at radius 3 is 2.43 bits per heavy atom. The maximum atomic E-state index is 14.4. The van der Waals surface area contributed by atoms with Gasteiger partial charge in [-0.25, -0.2) is 9.69 Å². The molecule has 2 aliphatic heterocycles. The van der Waals surface area contributed by atoms with E-state index in [-0.39, 0.29) is 29.6 Å². The first kappa shape index (κ1) is 27.3. The fraction of sp³-hybridized carbons (Fsp3) is 0.171. The smallest absolute Gasteiger partial charge is 0.332 e. The van der Waals surface area contributed by atoms with Crippen LogP contribution in [-0.4, -0.2) is 48.0 Å². The zero-order valence-corrected chi connectivity index (χ0v) is 24.2. The molecule has 0 saturated carbocycles. The number of hydrogen-bond acceptors (Lipinski definition) is 5. The Labute approximate surface area is 254 Å². The summed E-state index contributed by atoms with van der Waals surface area (Å²) < 4.78 is 10.7.